The van der Waals surface area contributed by atoms with Crippen molar-refractivity contribution in [3.8, 4) is 0 Å². The molecule has 0 heterocycles. The maximum absolute atomic E-state index is 12.5. The van der Waals surface area contributed by atoms with Gasteiger partial charge in [0, 0.05) is 5.69 Å². The molecular formula is C16H25N3O2. The summed E-state index contributed by atoms with van der Waals surface area (Å²) in [4.78, 5) is 12.5. The Labute approximate surface area is 126 Å². The van der Waals surface area contributed by atoms with Crippen LogP contribution in [0, 0.1) is 11.8 Å². The van der Waals surface area contributed by atoms with Crippen LogP contribution in [0.15, 0.2) is 23.4 Å². The van der Waals surface area contributed by atoms with E-state index in [-0.39, 0.29) is 17.7 Å². The van der Waals surface area contributed by atoms with Gasteiger partial charge >= 0.3 is 0 Å². The van der Waals surface area contributed by atoms with Gasteiger partial charge in [0.2, 0.25) is 5.91 Å². The lowest BCUT2D eigenvalue weighted by molar-refractivity contribution is -0.119. The molecule has 116 valence electrons. The van der Waals surface area contributed by atoms with E-state index in [0.29, 0.717) is 0 Å². The van der Waals surface area contributed by atoms with Crippen LogP contribution in [0.5, 0.6) is 0 Å². The van der Waals surface area contributed by atoms with E-state index in [0.717, 1.165) is 29.7 Å². The third-order valence-electron chi connectivity index (χ3n) is 3.63. The van der Waals surface area contributed by atoms with E-state index in [4.69, 9.17) is 10.9 Å². The molecule has 1 rings (SSSR count). The maximum Gasteiger partial charge on any atom is 0.235 e. The highest BCUT2D eigenvalue weighted by Gasteiger charge is 2.27. The van der Waals surface area contributed by atoms with Crippen molar-refractivity contribution >= 4 is 17.4 Å². The summed E-state index contributed by atoms with van der Waals surface area (Å²) >= 11 is 0. The number of nitrogens with one attached hydrogen (secondary N) is 1. The van der Waals surface area contributed by atoms with Crippen LogP contribution < -0.4 is 11.1 Å². The first-order chi connectivity index (χ1) is 9.96. The highest BCUT2D eigenvalue weighted by Crippen LogP contribution is 2.24. The Morgan fingerprint density at radius 3 is 2.19 bits per heavy atom. The summed E-state index contributed by atoms with van der Waals surface area (Å²) in [6.45, 7) is 7.84. The number of rotatable bonds is 6. The average molecular weight is 291 g/mol. The van der Waals surface area contributed by atoms with Crippen LogP contribution in [0.4, 0.5) is 5.69 Å². The summed E-state index contributed by atoms with van der Waals surface area (Å²) in [6.07, 6.45) is 1.67. The molecule has 5 heteroatoms. The molecule has 0 aromatic heterocycles. The Hall–Kier alpha value is -2.04. The lowest BCUT2D eigenvalue weighted by atomic mass is 9.93. The third kappa shape index (κ3) is 3.97. The number of benzene rings is 1. The second kappa shape index (κ2) is 7.67. The quantitative estimate of drug-likeness (QED) is 0.326. The van der Waals surface area contributed by atoms with Crippen molar-refractivity contribution in [1.29, 1.82) is 0 Å². The number of amides is 1. The molecule has 1 unspecified atom stereocenters. The number of nitrogens with zero attached hydrogens (tertiary/aromatic N) is 1. The predicted octanol–water partition coefficient (Wildman–Crippen LogP) is 2.77. The Balaban J connectivity index is 3.12. The summed E-state index contributed by atoms with van der Waals surface area (Å²) in [5.74, 6) is -1.00. The van der Waals surface area contributed by atoms with Crippen molar-refractivity contribution in [2.24, 2.45) is 22.7 Å². The number of amidine groups is 1. The molecule has 21 heavy (non-hydrogen) atoms. The number of hydrogen-bond donors (Lipinski definition) is 3. The number of aryl methyl sites for hydroxylation is 2. The van der Waals surface area contributed by atoms with Crippen molar-refractivity contribution in [3.05, 3.63) is 29.3 Å². The van der Waals surface area contributed by atoms with Crippen LogP contribution in [-0.2, 0) is 17.6 Å². The third-order valence-corrected chi connectivity index (χ3v) is 3.63. The molecule has 0 spiro atoms. The second-order valence-corrected chi connectivity index (χ2v) is 5.39. The van der Waals surface area contributed by atoms with E-state index < -0.39 is 5.92 Å². The first-order valence-corrected chi connectivity index (χ1v) is 7.35. The smallest absolute Gasteiger partial charge is 0.235 e. The number of nitrogens with two attached hydrogens (primary N) is 1. The van der Waals surface area contributed by atoms with Crippen molar-refractivity contribution in [2.45, 2.75) is 40.5 Å². The van der Waals surface area contributed by atoms with Gasteiger partial charge in [0.15, 0.2) is 5.84 Å². The van der Waals surface area contributed by atoms with Crippen molar-refractivity contribution in [3.63, 3.8) is 0 Å². The van der Waals surface area contributed by atoms with Crippen LogP contribution in [0.2, 0.25) is 0 Å². The molecule has 0 saturated heterocycles. The topological polar surface area (TPSA) is 87.7 Å². The van der Waals surface area contributed by atoms with Gasteiger partial charge in [-0.05, 0) is 29.9 Å². The number of oxime groups is 1. The Bertz CT molecular complexity index is 502. The van der Waals surface area contributed by atoms with Gasteiger partial charge in [0.25, 0.3) is 0 Å². The Morgan fingerprint density at radius 1 is 1.29 bits per heavy atom. The molecule has 0 bridgehead atoms. The molecule has 1 aromatic rings. The van der Waals surface area contributed by atoms with Crippen LogP contribution in [-0.4, -0.2) is 17.0 Å². The Kier molecular flexibility index (Phi) is 6.21. The number of anilines is 1. The standard InChI is InChI=1S/C16H25N3O2/c1-5-11-8-7-9-12(6-2)14(11)18-16(20)13(10(3)4)15(17)19-21/h7-10,13,21H,5-6H2,1-4H3,(H2,17,19)(H,18,20). The lowest BCUT2D eigenvalue weighted by Gasteiger charge is -2.21. The van der Waals surface area contributed by atoms with Gasteiger partial charge in [-0.15, -0.1) is 0 Å². The highest BCUT2D eigenvalue weighted by atomic mass is 16.4. The minimum Gasteiger partial charge on any atom is -0.409 e. The average Bonchev–Trinajstić information content (AvgIpc) is 2.46. The summed E-state index contributed by atoms with van der Waals surface area (Å²) in [5.41, 5.74) is 8.68. The van der Waals surface area contributed by atoms with E-state index in [1.807, 2.05) is 45.9 Å². The number of para-hydroxylation sites is 1. The van der Waals surface area contributed by atoms with Crippen LogP contribution >= 0.6 is 0 Å². The zero-order valence-electron chi connectivity index (χ0n) is 13.2. The zero-order valence-corrected chi connectivity index (χ0v) is 13.2. The van der Waals surface area contributed by atoms with Crippen molar-refractivity contribution in [1.82, 2.24) is 0 Å². The summed E-state index contributed by atoms with van der Waals surface area (Å²) in [5, 5.41) is 14.8. The molecule has 0 aliphatic rings. The number of hydrogen-bond acceptors (Lipinski definition) is 3. The van der Waals surface area contributed by atoms with Crippen LogP contribution in [0.1, 0.15) is 38.8 Å². The van der Waals surface area contributed by atoms with E-state index in [2.05, 4.69) is 10.5 Å². The molecule has 0 aliphatic heterocycles. The van der Waals surface area contributed by atoms with E-state index in [1.165, 1.54) is 0 Å². The molecular weight excluding hydrogens is 266 g/mol. The second-order valence-electron chi connectivity index (χ2n) is 5.39. The Morgan fingerprint density at radius 2 is 1.81 bits per heavy atom. The monoisotopic (exact) mass is 291 g/mol. The first kappa shape index (κ1) is 17.0. The minimum atomic E-state index is -0.649. The molecule has 1 aromatic carbocycles. The van der Waals surface area contributed by atoms with Crippen LogP contribution in [0.25, 0.3) is 0 Å². The van der Waals surface area contributed by atoms with E-state index in [9.17, 15) is 4.79 Å². The zero-order chi connectivity index (χ0) is 16.0. The van der Waals surface area contributed by atoms with Gasteiger partial charge in [0.1, 0.15) is 5.92 Å². The maximum atomic E-state index is 12.5. The molecule has 0 aliphatic carbocycles. The lowest BCUT2D eigenvalue weighted by Crippen LogP contribution is -2.38. The van der Waals surface area contributed by atoms with Crippen molar-refractivity contribution < 1.29 is 10.0 Å². The highest BCUT2D eigenvalue weighted by molar-refractivity contribution is 6.08. The molecule has 0 radical (unpaired) electrons. The van der Waals surface area contributed by atoms with Gasteiger partial charge in [-0.25, -0.2) is 0 Å². The fraction of sp³-hybridized carbons (Fsp3) is 0.500. The molecule has 5 nitrogen and oxygen atoms in total. The van der Waals surface area contributed by atoms with E-state index in [1.54, 1.807) is 0 Å². The van der Waals surface area contributed by atoms with Gasteiger partial charge < -0.3 is 16.3 Å². The fourth-order valence-electron chi connectivity index (χ4n) is 2.44. The summed E-state index contributed by atoms with van der Waals surface area (Å²) in [7, 11) is 0. The van der Waals surface area contributed by atoms with Gasteiger partial charge in [-0.3, -0.25) is 4.79 Å². The van der Waals surface area contributed by atoms with E-state index >= 15 is 0 Å². The van der Waals surface area contributed by atoms with Gasteiger partial charge in [-0.2, -0.15) is 0 Å². The minimum absolute atomic E-state index is 0.0558. The molecule has 0 fully saturated rings. The van der Waals surface area contributed by atoms with Crippen molar-refractivity contribution in [2.75, 3.05) is 5.32 Å². The summed E-state index contributed by atoms with van der Waals surface area (Å²) < 4.78 is 0. The first-order valence-electron chi connectivity index (χ1n) is 7.35. The van der Waals surface area contributed by atoms with Crippen LogP contribution in [0.3, 0.4) is 0 Å². The van der Waals surface area contributed by atoms with Gasteiger partial charge in [-0.1, -0.05) is 51.0 Å². The van der Waals surface area contributed by atoms with Gasteiger partial charge in [0.05, 0.1) is 0 Å². The fourth-order valence-corrected chi connectivity index (χ4v) is 2.44. The number of carbonyl (C=O) groups excluding carboxylic acids is 1. The largest absolute Gasteiger partial charge is 0.409 e. The predicted molar refractivity (Wildman–Crippen MR) is 85.6 cm³/mol. The normalized spacial score (nSPS) is 13.3. The molecule has 1 amide bonds. The SMILES string of the molecule is CCc1cccc(CC)c1NC(=O)C(C(N)=NO)C(C)C. The summed E-state index contributed by atoms with van der Waals surface area (Å²) in [6, 6.07) is 6.00. The molecule has 4 N–H and O–H groups in total. The molecule has 1 atom stereocenters. The number of carbonyl (C=O) groups is 1. The molecule has 0 saturated carbocycles.